The second-order valence-electron chi connectivity index (χ2n) is 7.16. The lowest BCUT2D eigenvalue weighted by Crippen LogP contribution is -2.17. The molecule has 1 amide bonds. The highest BCUT2D eigenvalue weighted by Gasteiger charge is 2.25. The van der Waals surface area contributed by atoms with Crippen LogP contribution in [0.25, 0.3) is 0 Å². The maximum atomic E-state index is 12.7. The Kier molecular flexibility index (Phi) is 5.68. The van der Waals surface area contributed by atoms with Gasteiger partial charge in [-0.05, 0) is 56.2 Å². The minimum absolute atomic E-state index is 0.169. The first-order chi connectivity index (χ1) is 14.5. The third-order valence-electron chi connectivity index (χ3n) is 5.06. The van der Waals surface area contributed by atoms with E-state index in [2.05, 4.69) is 60.7 Å². The van der Waals surface area contributed by atoms with Crippen molar-refractivity contribution >= 4 is 28.1 Å². The molecule has 2 N–H and O–H groups in total. The van der Waals surface area contributed by atoms with Gasteiger partial charge in [0.15, 0.2) is 5.76 Å². The number of aromatic nitrogens is 1. The summed E-state index contributed by atoms with van der Waals surface area (Å²) in [6.07, 6.45) is 3.26. The van der Waals surface area contributed by atoms with Gasteiger partial charge in [0.1, 0.15) is 10.8 Å². The Morgan fingerprint density at radius 2 is 1.83 bits per heavy atom. The molecule has 30 heavy (non-hydrogen) atoms. The summed E-state index contributed by atoms with van der Waals surface area (Å²) in [5.74, 6) is 0.798. The monoisotopic (exact) mass is 417 g/mol. The summed E-state index contributed by atoms with van der Waals surface area (Å²) < 4.78 is 5.27. The second kappa shape index (κ2) is 8.55. The molecule has 0 spiro atoms. The Balaban J connectivity index is 1.77. The highest BCUT2D eigenvalue weighted by atomic mass is 32.1. The van der Waals surface area contributed by atoms with E-state index in [9.17, 15) is 4.79 Å². The molecule has 0 aliphatic carbocycles. The molecule has 5 nitrogen and oxygen atoms in total. The van der Waals surface area contributed by atoms with Gasteiger partial charge in [-0.3, -0.25) is 4.79 Å². The fourth-order valence-electron chi connectivity index (χ4n) is 3.33. The number of anilines is 2. The summed E-state index contributed by atoms with van der Waals surface area (Å²) in [4.78, 5) is 18.3. The standard InChI is InChI=1S/C24H23N3O2S/c1-15-9-11-18(12-10-15)22(26-20-8-4-5-13-25-20)21-16(2)17(3)30-24(21)27-23(28)19-7-6-14-29-19/h4-14,22H,1-3H3,(H,25,26)(H,27,28)/t22-/m1/s1. The minimum atomic E-state index is -0.261. The fourth-order valence-corrected chi connectivity index (χ4v) is 4.43. The number of furan rings is 1. The van der Waals surface area contributed by atoms with Crippen LogP contribution in [0.4, 0.5) is 10.8 Å². The third kappa shape index (κ3) is 4.14. The zero-order valence-electron chi connectivity index (χ0n) is 17.1. The minimum Gasteiger partial charge on any atom is -0.459 e. The van der Waals surface area contributed by atoms with Gasteiger partial charge in [0.2, 0.25) is 0 Å². The van der Waals surface area contributed by atoms with E-state index < -0.39 is 0 Å². The number of hydrogen-bond donors (Lipinski definition) is 2. The fraction of sp³-hybridized carbons (Fsp3) is 0.167. The molecule has 1 aromatic carbocycles. The predicted molar refractivity (Wildman–Crippen MR) is 121 cm³/mol. The molecule has 4 rings (SSSR count). The molecule has 0 unspecified atom stereocenters. The van der Waals surface area contributed by atoms with E-state index >= 15 is 0 Å². The van der Waals surface area contributed by atoms with E-state index in [4.69, 9.17) is 4.42 Å². The van der Waals surface area contributed by atoms with Crippen LogP contribution in [-0.2, 0) is 0 Å². The maximum absolute atomic E-state index is 12.7. The van der Waals surface area contributed by atoms with E-state index in [0.29, 0.717) is 0 Å². The van der Waals surface area contributed by atoms with Crippen molar-refractivity contribution in [3.8, 4) is 0 Å². The predicted octanol–water partition coefficient (Wildman–Crippen LogP) is 6.12. The summed E-state index contributed by atoms with van der Waals surface area (Å²) in [6.45, 7) is 6.23. The summed E-state index contributed by atoms with van der Waals surface area (Å²) in [5.41, 5.74) is 4.47. The number of thiophene rings is 1. The number of rotatable bonds is 6. The Morgan fingerprint density at radius 1 is 1.03 bits per heavy atom. The van der Waals surface area contributed by atoms with Gasteiger partial charge < -0.3 is 15.1 Å². The lowest BCUT2D eigenvalue weighted by atomic mass is 9.95. The number of amides is 1. The van der Waals surface area contributed by atoms with Gasteiger partial charge in [-0.2, -0.15) is 0 Å². The van der Waals surface area contributed by atoms with Crippen LogP contribution in [0.5, 0.6) is 0 Å². The van der Waals surface area contributed by atoms with Crippen molar-refractivity contribution in [2.45, 2.75) is 26.8 Å². The number of nitrogens with zero attached hydrogens (tertiary/aromatic N) is 1. The zero-order valence-corrected chi connectivity index (χ0v) is 17.9. The number of benzene rings is 1. The highest BCUT2D eigenvalue weighted by Crippen LogP contribution is 2.41. The zero-order chi connectivity index (χ0) is 21.1. The van der Waals surface area contributed by atoms with Crippen molar-refractivity contribution < 1.29 is 9.21 Å². The smallest absolute Gasteiger partial charge is 0.291 e. The van der Waals surface area contributed by atoms with Crippen LogP contribution in [0.1, 0.15) is 43.7 Å². The first kappa shape index (κ1) is 19.9. The van der Waals surface area contributed by atoms with Crippen LogP contribution in [-0.4, -0.2) is 10.9 Å². The van der Waals surface area contributed by atoms with Gasteiger partial charge in [-0.1, -0.05) is 35.9 Å². The molecule has 0 bridgehead atoms. The molecule has 0 aliphatic rings. The van der Waals surface area contributed by atoms with Gasteiger partial charge in [0.25, 0.3) is 5.91 Å². The molecule has 0 radical (unpaired) electrons. The van der Waals surface area contributed by atoms with Crippen LogP contribution in [0.3, 0.4) is 0 Å². The van der Waals surface area contributed by atoms with Crippen LogP contribution in [0.2, 0.25) is 0 Å². The molecule has 3 heterocycles. The normalized spacial score (nSPS) is 11.8. The number of aryl methyl sites for hydroxylation is 2. The van der Waals surface area contributed by atoms with E-state index in [1.54, 1.807) is 29.7 Å². The Labute approximate surface area is 179 Å². The van der Waals surface area contributed by atoms with Crippen molar-refractivity contribution in [3.05, 3.63) is 99.9 Å². The average Bonchev–Trinajstić information content (AvgIpc) is 3.37. The number of carbonyl (C=O) groups is 1. The average molecular weight is 418 g/mol. The summed E-state index contributed by atoms with van der Waals surface area (Å²) >= 11 is 1.57. The van der Waals surface area contributed by atoms with Crippen molar-refractivity contribution in [2.24, 2.45) is 0 Å². The molecule has 1 atom stereocenters. The van der Waals surface area contributed by atoms with Crippen molar-refractivity contribution in [3.63, 3.8) is 0 Å². The van der Waals surface area contributed by atoms with E-state index in [1.165, 1.54) is 11.8 Å². The summed E-state index contributed by atoms with van der Waals surface area (Å²) in [5, 5.41) is 7.41. The van der Waals surface area contributed by atoms with Crippen LogP contribution >= 0.6 is 11.3 Å². The first-order valence-electron chi connectivity index (χ1n) is 9.72. The first-order valence-corrected chi connectivity index (χ1v) is 10.5. The molecule has 152 valence electrons. The molecule has 0 saturated carbocycles. The van der Waals surface area contributed by atoms with Gasteiger partial charge in [0, 0.05) is 16.6 Å². The second-order valence-corrected chi connectivity index (χ2v) is 8.39. The lowest BCUT2D eigenvalue weighted by Gasteiger charge is -2.22. The van der Waals surface area contributed by atoms with Gasteiger partial charge >= 0.3 is 0 Å². The Morgan fingerprint density at radius 3 is 2.50 bits per heavy atom. The number of nitrogens with one attached hydrogen (secondary N) is 2. The molecular weight excluding hydrogens is 394 g/mol. The number of pyridine rings is 1. The number of carbonyl (C=O) groups excluding carboxylic acids is 1. The molecule has 3 aromatic heterocycles. The Bertz CT molecular complexity index is 1130. The highest BCUT2D eigenvalue weighted by molar-refractivity contribution is 7.16. The van der Waals surface area contributed by atoms with E-state index in [1.807, 2.05) is 18.2 Å². The third-order valence-corrected chi connectivity index (χ3v) is 6.20. The molecule has 4 aromatic rings. The Hall–Kier alpha value is -3.38. The summed E-state index contributed by atoms with van der Waals surface area (Å²) in [6, 6.07) is 17.4. The van der Waals surface area contributed by atoms with Crippen molar-refractivity contribution in [2.75, 3.05) is 10.6 Å². The molecule has 0 saturated heterocycles. The quantitative estimate of drug-likeness (QED) is 0.397. The molecular formula is C24H23N3O2S. The SMILES string of the molecule is Cc1ccc([C@@H](Nc2ccccn2)c2c(NC(=O)c3ccco3)sc(C)c2C)cc1. The molecule has 0 aliphatic heterocycles. The van der Waals surface area contributed by atoms with E-state index in [0.717, 1.165) is 32.4 Å². The van der Waals surface area contributed by atoms with Gasteiger partial charge in [-0.25, -0.2) is 4.98 Å². The van der Waals surface area contributed by atoms with Crippen molar-refractivity contribution in [1.82, 2.24) is 4.98 Å². The molecule has 0 fully saturated rings. The van der Waals surface area contributed by atoms with Crippen LogP contribution in [0.15, 0.2) is 71.5 Å². The lowest BCUT2D eigenvalue weighted by molar-refractivity contribution is 0.0997. The largest absolute Gasteiger partial charge is 0.459 e. The van der Waals surface area contributed by atoms with Crippen LogP contribution < -0.4 is 10.6 Å². The number of hydrogen-bond acceptors (Lipinski definition) is 5. The summed E-state index contributed by atoms with van der Waals surface area (Å²) in [7, 11) is 0. The van der Waals surface area contributed by atoms with Crippen LogP contribution in [0, 0.1) is 20.8 Å². The molecule has 6 heteroatoms. The topological polar surface area (TPSA) is 67.2 Å². The van der Waals surface area contributed by atoms with E-state index in [-0.39, 0.29) is 17.7 Å². The van der Waals surface area contributed by atoms with Gasteiger partial charge in [-0.15, -0.1) is 11.3 Å². The maximum Gasteiger partial charge on any atom is 0.291 e. The van der Waals surface area contributed by atoms with Crippen molar-refractivity contribution in [1.29, 1.82) is 0 Å². The van der Waals surface area contributed by atoms with Gasteiger partial charge in [0.05, 0.1) is 12.3 Å².